The van der Waals surface area contributed by atoms with Crippen LogP contribution in [0.4, 0.5) is 0 Å². The number of aromatic hydroxyl groups is 3. The van der Waals surface area contributed by atoms with Gasteiger partial charge < -0.3 is 15.3 Å². The van der Waals surface area contributed by atoms with Crippen molar-refractivity contribution in [3.05, 3.63) is 17.7 Å². The average molecular weight is 140 g/mol. The molecule has 3 heteroatoms. The molecular formula is C7H8O3. The van der Waals surface area contributed by atoms with Gasteiger partial charge in [0.1, 0.15) is 5.75 Å². The number of hydrogen-bond donors (Lipinski definition) is 3. The van der Waals surface area contributed by atoms with Crippen molar-refractivity contribution in [2.45, 2.75) is 6.92 Å². The van der Waals surface area contributed by atoms with E-state index >= 15 is 0 Å². The highest BCUT2D eigenvalue weighted by Gasteiger charge is 2.03. The molecule has 3 nitrogen and oxygen atoms in total. The van der Waals surface area contributed by atoms with Crippen LogP contribution < -0.4 is 0 Å². The van der Waals surface area contributed by atoms with Gasteiger partial charge in [-0.3, -0.25) is 0 Å². The Morgan fingerprint density at radius 3 is 2.20 bits per heavy atom. The number of phenolic OH excluding ortho intramolecular Hbond substituents is 3. The summed E-state index contributed by atoms with van der Waals surface area (Å²) in [7, 11) is 0. The predicted octanol–water partition coefficient (Wildman–Crippen LogP) is 1.11. The maximum absolute atomic E-state index is 8.97. The minimum Gasteiger partial charge on any atom is -0.508 e. The second-order valence-corrected chi connectivity index (χ2v) is 2.13. The van der Waals surface area contributed by atoms with Crippen molar-refractivity contribution in [1.29, 1.82) is 0 Å². The second kappa shape index (κ2) is 2.10. The molecule has 0 radical (unpaired) electrons. The minimum absolute atomic E-state index is 0.0483. The van der Waals surface area contributed by atoms with Crippen LogP contribution >= 0.6 is 0 Å². The van der Waals surface area contributed by atoms with Crippen LogP contribution in [0.2, 0.25) is 0 Å². The van der Waals surface area contributed by atoms with Gasteiger partial charge in [-0.25, -0.2) is 0 Å². The lowest BCUT2D eigenvalue weighted by Gasteiger charge is -2.00. The van der Waals surface area contributed by atoms with Crippen molar-refractivity contribution in [2.75, 3.05) is 0 Å². The number of hydrogen-bond acceptors (Lipinski definition) is 3. The summed E-state index contributed by atoms with van der Waals surface area (Å²) in [5.74, 6) is -0.525. The molecule has 0 aliphatic rings. The molecule has 1 rings (SSSR count). The van der Waals surface area contributed by atoms with Crippen molar-refractivity contribution in [3.8, 4) is 17.2 Å². The summed E-state index contributed by atoms with van der Waals surface area (Å²) in [6.45, 7) is 1.59. The monoisotopic (exact) mass is 140 g/mol. The maximum Gasteiger partial charge on any atom is 0.161 e. The van der Waals surface area contributed by atoms with E-state index < -0.39 is 0 Å². The van der Waals surface area contributed by atoms with Crippen LogP contribution in [0, 0.1) is 6.92 Å². The van der Waals surface area contributed by atoms with Crippen molar-refractivity contribution in [3.63, 3.8) is 0 Å². The van der Waals surface area contributed by atoms with Gasteiger partial charge in [0.25, 0.3) is 0 Å². The van der Waals surface area contributed by atoms with Crippen LogP contribution in [0.15, 0.2) is 12.1 Å². The van der Waals surface area contributed by atoms with Crippen molar-refractivity contribution >= 4 is 0 Å². The summed E-state index contributed by atoms with van der Waals surface area (Å²) < 4.78 is 0. The average Bonchev–Trinajstić information content (AvgIpc) is 1.82. The van der Waals surface area contributed by atoms with Gasteiger partial charge >= 0.3 is 0 Å². The molecular weight excluding hydrogens is 132 g/mol. The molecule has 0 spiro atoms. The summed E-state index contributed by atoms with van der Waals surface area (Å²) >= 11 is 0. The molecule has 0 aliphatic carbocycles. The molecule has 10 heavy (non-hydrogen) atoms. The van der Waals surface area contributed by atoms with Gasteiger partial charge in [0.15, 0.2) is 11.5 Å². The first-order valence-electron chi connectivity index (χ1n) is 2.83. The normalized spacial score (nSPS) is 9.70. The molecule has 0 aromatic heterocycles. The zero-order valence-electron chi connectivity index (χ0n) is 5.50. The van der Waals surface area contributed by atoms with E-state index in [0.717, 1.165) is 6.07 Å². The Balaban J connectivity index is 3.31. The van der Waals surface area contributed by atoms with Gasteiger partial charge in [-0.05, 0) is 18.6 Å². The number of rotatable bonds is 0. The highest BCUT2D eigenvalue weighted by molar-refractivity contribution is 5.48. The molecule has 0 amide bonds. The van der Waals surface area contributed by atoms with Crippen molar-refractivity contribution in [1.82, 2.24) is 0 Å². The fourth-order valence-corrected chi connectivity index (χ4v) is 0.742. The molecule has 0 unspecified atom stereocenters. The van der Waals surface area contributed by atoms with Crippen LogP contribution in [0.25, 0.3) is 0 Å². The van der Waals surface area contributed by atoms with Crippen LogP contribution in [-0.4, -0.2) is 15.3 Å². The van der Waals surface area contributed by atoms with E-state index in [0.29, 0.717) is 5.56 Å². The second-order valence-electron chi connectivity index (χ2n) is 2.13. The van der Waals surface area contributed by atoms with E-state index in [4.69, 9.17) is 15.3 Å². The maximum atomic E-state index is 8.97. The quantitative estimate of drug-likeness (QED) is 0.373. The Hall–Kier alpha value is -1.38. The van der Waals surface area contributed by atoms with Crippen molar-refractivity contribution in [2.24, 2.45) is 0 Å². The van der Waals surface area contributed by atoms with Crippen LogP contribution in [-0.2, 0) is 0 Å². The Morgan fingerprint density at radius 1 is 1.10 bits per heavy atom. The van der Waals surface area contributed by atoms with Gasteiger partial charge in [0.2, 0.25) is 0 Å². The zero-order chi connectivity index (χ0) is 7.72. The third-order valence-electron chi connectivity index (χ3n) is 1.27. The number of phenols is 3. The number of aryl methyl sites for hydroxylation is 1. The van der Waals surface area contributed by atoms with Gasteiger partial charge in [0, 0.05) is 6.07 Å². The van der Waals surface area contributed by atoms with E-state index in [9.17, 15) is 0 Å². The molecule has 0 heterocycles. The van der Waals surface area contributed by atoms with Gasteiger partial charge in [-0.1, -0.05) is 0 Å². The van der Waals surface area contributed by atoms with Gasteiger partial charge in [0.05, 0.1) is 0 Å². The molecule has 54 valence electrons. The van der Waals surface area contributed by atoms with Crippen LogP contribution in [0.3, 0.4) is 0 Å². The summed E-state index contributed by atoms with van der Waals surface area (Å²) in [5.41, 5.74) is 0.456. The third-order valence-corrected chi connectivity index (χ3v) is 1.27. The Kier molecular flexibility index (Phi) is 1.41. The molecule has 1 aromatic rings. The van der Waals surface area contributed by atoms with E-state index in [2.05, 4.69) is 0 Å². The molecule has 0 bridgehead atoms. The lowest BCUT2D eigenvalue weighted by atomic mass is 10.2. The Morgan fingerprint density at radius 2 is 1.70 bits per heavy atom. The highest BCUT2D eigenvalue weighted by Crippen LogP contribution is 2.31. The molecule has 0 atom stereocenters. The van der Waals surface area contributed by atoms with E-state index in [1.54, 1.807) is 6.92 Å². The first-order chi connectivity index (χ1) is 4.61. The first-order valence-corrected chi connectivity index (χ1v) is 2.83. The SMILES string of the molecule is Cc1cc(O)cc(O)c1O. The number of benzene rings is 1. The smallest absolute Gasteiger partial charge is 0.161 e. The molecule has 3 N–H and O–H groups in total. The Bertz CT molecular complexity index is 232. The van der Waals surface area contributed by atoms with Crippen LogP contribution in [0.1, 0.15) is 5.56 Å². The van der Waals surface area contributed by atoms with E-state index in [1.807, 2.05) is 0 Å². The Labute approximate surface area is 58.2 Å². The lowest BCUT2D eigenvalue weighted by molar-refractivity contribution is 0.393. The van der Waals surface area contributed by atoms with E-state index in [1.165, 1.54) is 6.07 Å². The van der Waals surface area contributed by atoms with E-state index in [-0.39, 0.29) is 17.2 Å². The molecule has 0 saturated carbocycles. The van der Waals surface area contributed by atoms with Gasteiger partial charge in [-0.15, -0.1) is 0 Å². The largest absolute Gasteiger partial charge is 0.508 e. The highest BCUT2D eigenvalue weighted by atomic mass is 16.3. The molecule has 0 fully saturated rings. The molecule has 0 saturated heterocycles. The summed E-state index contributed by atoms with van der Waals surface area (Å²) in [6.07, 6.45) is 0. The fraction of sp³-hybridized carbons (Fsp3) is 0.143. The molecule has 0 aliphatic heterocycles. The summed E-state index contributed by atoms with van der Waals surface area (Å²) in [4.78, 5) is 0. The lowest BCUT2D eigenvalue weighted by Crippen LogP contribution is -1.74. The third kappa shape index (κ3) is 0.978. The topological polar surface area (TPSA) is 60.7 Å². The summed E-state index contributed by atoms with van der Waals surface area (Å²) in [6, 6.07) is 2.46. The zero-order valence-corrected chi connectivity index (χ0v) is 5.50. The van der Waals surface area contributed by atoms with Gasteiger partial charge in [-0.2, -0.15) is 0 Å². The molecule has 1 aromatic carbocycles. The standard InChI is InChI=1S/C7H8O3/c1-4-2-5(8)3-6(9)7(4)10/h2-3,8-10H,1H3. The fourth-order valence-electron chi connectivity index (χ4n) is 0.742. The first kappa shape index (κ1) is 6.74. The van der Waals surface area contributed by atoms with Crippen LogP contribution in [0.5, 0.6) is 17.2 Å². The minimum atomic E-state index is -0.294. The summed E-state index contributed by atoms with van der Waals surface area (Å²) in [5, 5.41) is 26.7. The van der Waals surface area contributed by atoms with Crippen molar-refractivity contribution < 1.29 is 15.3 Å². The predicted molar refractivity (Wildman–Crippen MR) is 36.2 cm³/mol.